The fourth-order valence-electron chi connectivity index (χ4n) is 6.83. The Kier molecular flexibility index (Phi) is 4.93. The first-order chi connectivity index (χ1) is 22.3. The highest BCUT2D eigenvalue weighted by Gasteiger charge is 2.21. The molecule has 0 saturated heterocycles. The number of hydrogen-bond acceptors (Lipinski definition) is 4. The van der Waals surface area contributed by atoms with Crippen molar-refractivity contribution in [2.24, 2.45) is 0 Å². The molecule has 0 bridgehead atoms. The van der Waals surface area contributed by atoms with E-state index in [9.17, 15) is 0 Å². The van der Waals surface area contributed by atoms with Crippen molar-refractivity contribution in [2.45, 2.75) is 0 Å². The Bertz CT molecular complexity index is 2770. The summed E-state index contributed by atoms with van der Waals surface area (Å²) in [4.78, 5) is 10.3. The van der Waals surface area contributed by atoms with Crippen molar-refractivity contribution in [1.82, 2.24) is 14.5 Å². The first kappa shape index (κ1) is 24.3. The Labute approximate surface area is 256 Å². The maximum absolute atomic E-state index is 6.34. The molecule has 0 amide bonds. The SMILES string of the molecule is c1ccc(-c2nc(-c3cccc(-n4c5ccccc5c5ccc6oc7ccccc7c6c54)c3)nc3c2oc2ccccc23)cc1. The van der Waals surface area contributed by atoms with Crippen LogP contribution in [0.25, 0.3) is 94.1 Å². The van der Waals surface area contributed by atoms with E-state index in [2.05, 4.69) is 95.6 Å². The molecule has 5 heteroatoms. The van der Waals surface area contributed by atoms with Crippen LogP contribution in [0.3, 0.4) is 0 Å². The van der Waals surface area contributed by atoms with Gasteiger partial charge in [0.25, 0.3) is 0 Å². The smallest absolute Gasteiger partial charge is 0.180 e. The van der Waals surface area contributed by atoms with Gasteiger partial charge in [-0.05, 0) is 48.5 Å². The number of furan rings is 2. The molecule has 0 aliphatic heterocycles. The van der Waals surface area contributed by atoms with Gasteiger partial charge in [-0.3, -0.25) is 0 Å². The third-order valence-corrected chi connectivity index (χ3v) is 8.80. The average Bonchev–Trinajstić information content (AvgIpc) is 3.78. The molecule has 0 aliphatic carbocycles. The summed E-state index contributed by atoms with van der Waals surface area (Å²) in [6, 6.07) is 47.8. The molecule has 45 heavy (non-hydrogen) atoms. The van der Waals surface area contributed by atoms with Crippen molar-refractivity contribution in [3.63, 3.8) is 0 Å². The van der Waals surface area contributed by atoms with Crippen LogP contribution in [0.15, 0.2) is 148 Å². The fourth-order valence-corrected chi connectivity index (χ4v) is 6.83. The van der Waals surface area contributed by atoms with Crippen LogP contribution in [0, 0.1) is 0 Å². The van der Waals surface area contributed by atoms with E-state index in [0.29, 0.717) is 11.4 Å². The van der Waals surface area contributed by atoms with Crippen molar-refractivity contribution < 1.29 is 8.83 Å². The van der Waals surface area contributed by atoms with E-state index in [1.807, 2.05) is 48.5 Å². The van der Waals surface area contributed by atoms with Crippen LogP contribution in [-0.2, 0) is 0 Å². The summed E-state index contributed by atoms with van der Waals surface area (Å²) in [6.07, 6.45) is 0. The predicted octanol–water partition coefficient (Wildman–Crippen LogP) is 10.7. The van der Waals surface area contributed by atoms with Gasteiger partial charge < -0.3 is 13.4 Å². The number of para-hydroxylation sites is 3. The normalized spacial score (nSPS) is 12.0. The Morgan fingerprint density at radius 3 is 2.07 bits per heavy atom. The van der Waals surface area contributed by atoms with Crippen LogP contribution >= 0.6 is 0 Å². The second-order valence-corrected chi connectivity index (χ2v) is 11.4. The van der Waals surface area contributed by atoms with Crippen LogP contribution in [0.5, 0.6) is 0 Å². The third kappa shape index (κ3) is 3.49. The summed E-state index contributed by atoms with van der Waals surface area (Å²) >= 11 is 0. The maximum Gasteiger partial charge on any atom is 0.180 e. The van der Waals surface area contributed by atoms with Gasteiger partial charge in [0.15, 0.2) is 11.4 Å². The molecule has 0 atom stereocenters. The van der Waals surface area contributed by atoms with Crippen LogP contribution in [0.1, 0.15) is 0 Å². The van der Waals surface area contributed by atoms with Crippen molar-refractivity contribution in [1.29, 1.82) is 0 Å². The monoisotopic (exact) mass is 577 g/mol. The number of rotatable bonds is 3. The molecular formula is C40H23N3O2. The third-order valence-electron chi connectivity index (χ3n) is 8.80. The molecule has 5 nitrogen and oxygen atoms in total. The summed E-state index contributed by atoms with van der Waals surface area (Å²) in [5.74, 6) is 0.648. The number of hydrogen-bond donors (Lipinski definition) is 0. The number of aromatic nitrogens is 3. The summed E-state index contributed by atoms with van der Waals surface area (Å²) in [5.41, 5.74) is 10.0. The van der Waals surface area contributed by atoms with Gasteiger partial charge in [0.05, 0.1) is 16.4 Å². The van der Waals surface area contributed by atoms with Gasteiger partial charge in [-0.25, -0.2) is 9.97 Å². The van der Waals surface area contributed by atoms with Crippen LogP contribution in [0.2, 0.25) is 0 Å². The summed E-state index contributed by atoms with van der Waals surface area (Å²) < 4.78 is 15.0. The maximum atomic E-state index is 6.34. The molecule has 4 heterocycles. The lowest BCUT2D eigenvalue weighted by atomic mass is 10.1. The lowest BCUT2D eigenvalue weighted by Gasteiger charge is -2.11. The Morgan fingerprint density at radius 1 is 0.489 bits per heavy atom. The topological polar surface area (TPSA) is 57.0 Å². The molecular weight excluding hydrogens is 554 g/mol. The van der Waals surface area contributed by atoms with E-state index < -0.39 is 0 Å². The minimum absolute atomic E-state index is 0.648. The molecule has 6 aromatic carbocycles. The van der Waals surface area contributed by atoms with Crippen LogP contribution < -0.4 is 0 Å². The van der Waals surface area contributed by atoms with E-state index in [0.717, 1.165) is 72.0 Å². The van der Waals surface area contributed by atoms with Gasteiger partial charge in [0, 0.05) is 38.4 Å². The molecule has 0 aliphatic rings. The molecule has 210 valence electrons. The zero-order chi connectivity index (χ0) is 29.5. The summed E-state index contributed by atoms with van der Waals surface area (Å²) in [5, 5.41) is 5.56. The van der Waals surface area contributed by atoms with Crippen molar-refractivity contribution in [2.75, 3.05) is 0 Å². The van der Waals surface area contributed by atoms with E-state index in [-0.39, 0.29) is 0 Å². The Morgan fingerprint density at radius 2 is 1.20 bits per heavy atom. The number of benzene rings is 6. The minimum Gasteiger partial charge on any atom is -0.456 e. The summed E-state index contributed by atoms with van der Waals surface area (Å²) in [6.45, 7) is 0. The second-order valence-electron chi connectivity index (χ2n) is 11.4. The lowest BCUT2D eigenvalue weighted by molar-refractivity contribution is 0.667. The molecule has 0 unspecified atom stereocenters. The van der Waals surface area contributed by atoms with Crippen molar-refractivity contribution in [3.05, 3.63) is 140 Å². The highest BCUT2D eigenvalue weighted by Crippen LogP contribution is 2.41. The molecule has 0 N–H and O–H groups in total. The van der Waals surface area contributed by atoms with Gasteiger partial charge in [0.2, 0.25) is 0 Å². The Hall–Kier alpha value is -6.20. The molecule has 0 radical (unpaired) electrons. The van der Waals surface area contributed by atoms with Gasteiger partial charge in [0.1, 0.15) is 28.0 Å². The van der Waals surface area contributed by atoms with Gasteiger partial charge >= 0.3 is 0 Å². The largest absolute Gasteiger partial charge is 0.456 e. The minimum atomic E-state index is 0.648. The average molecular weight is 578 g/mol. The van der Waals surface area contributed by atoms with E-state index in [1.165, 1.54) is 10.8 Å². The first-order valence-electron chi connectivity index (χ1n) is 15.0. The first-order valence-corrected chi connectivity index (χ1v) is 15.0. The lowest BCUT2D eigenvalue weighted by Crippen LogP contribution is -1.97. The van der Waals surface area contributed by atoms with Gasteiger partial charge in [-0.2, -0.15) is 0 Å². The summed E-state index contributed by atoms with van der Waals surface area (Å²) in [7, 11) is 0. The van der Waals surface area contributed by atoms with Crippen molar-refractivity contribution >= 4 is 65.8 Å². The molecule has 10 rings (SSSR count). The number of fused-ring (bicyclic) bond motifs is 10. The van der Waals surface area contributed by atoms with E-state index >= 15 is 0 Å². The highest BCUT2D eigenvalue weighted by molar-refractivity contribution is 6.24. The molecule has 4 aromatic heterocycles. The van der Waals surface area contributed by atoms with Gasteiger partial charge in [-0.15, -0.1) is 0 Å². The van der Waals surface area contributed by atoms with E-state index in [4.69, 9.17) is 18.8 Å². The Balaban J connectivity index is 1.27. The molecule has 10 aromatic rings. The van der Waals surface area contributed by atoms with E-state index in [1.54, 1.807) is 0 Å². The highest BCUT2D eigenvalue weighted by atomic mass is 16.3. The molecule has 0 fully saturated rings. The van der Waals surface area contributed by atoms with Crippen molar-refractivity contribution in [3.8, 4) is 28.3 Å². The van der Waals surface area contributed by atoms with Crippen LogP contribution in [-0.4, -0.2) is 14.5 Å². The molecule has 0 spiro atoms. The zero-order valence-corrected chi connectivity index (χ0v) is 23.9. The fraction of sp³-hybridized carbons (Fsp3) is 0. The quantitative estimate of drug-likeness (QED) is 0.210. The second kappa shape index (κ2) is 9.15. The predicted molar refractivity (Wildman–Crippen MR) is 182 cm³/mol. The molecule has 0 saturated carbocycles. The van der Waals surface area contributed by atoms with Gasteiger partial charge in [-0.1, -0.05) is 91.0 Å². The van der Waals surface area contributed by atoms with Crippen LogP contribution in [0.4, 0.5) is 0 Å². The standard InChI is InChI=1S/C40H23N3O2/c1-2-11-24(12-3-1)36-39-37(30-17-6-9-20-33(30)45-39)42-40(41-36)25-13-10-14-26(23-25)43-31-18-7-4-15-27(31)28-21-22-34-35(38(28)43)29-16-5-8-19-32(29)44-34/h1-23H. The zero-order valence-electron chi connectivity index (χ0n) is 23.9. The number of nitrogens with zero attached hydrogens (tertiary/aromatic N) is 3.